The smallest absolute Gasteiger partial charge is 0.411 e. The molecule has 2 aromatic rings. The minimum atomic E-state index is -0.582. The first-order valence-corrected chi connectivity index (χ1v) is 8.86. The van der Waals surface area contributed by atoms with Gasteiger partial charge in [-0.1, -0.05) is 19.4 Å². The van der Waals surface area contributed by atoms with Gasteiger partial charge in [0.05, 0.1) is 24.7 Å². The highest BCUT2D eigenvalue weighted by Crippen LogP contribution is 2.33. The minimum absolute atomic E-state index is 0.0807. The summed E-state index contributed by atoms with van der Waals surface area (Å²) in [6, 6.07) is 6.90. The van der Waals surface area contributed by atoms with Gasteiger partial charge in [0.15, 0.2) is 0 Å². The van der Waals surface area contributed by atoms with E-state index in [0.29, 0.717) is 11.4 Å². The average Bonchev–Trinajstić information content (AvgIpc) is 2.67. The standard InChI is InChI=1S/C19H23N5O3/c1-11-4-3-5-15(20)17-8-12(10-21-24-17)14-7-6-13(22-19(26)27-2)9-16(14)23-18(11)25/h6-11,15H,3-5,20H2,1-2H3,(H,22,26)(H,23,25)/t11-,15+/m1/s1. The molecule has 2 amide bonds. The molecule has 1 aliphatic rings. The van der Waals surface area contributed by atoms with Gasteiger partial charge >= 0.3 is 6.09 Å². The van der Waals surface area contributed by atoms with Gasteiger partial charge < -0.3 is 15.8 Å². The van der Waals surface area contributed by atoms with Gasteiger partial charge in [-0.25, -0.2) is 4.79 Å². The maximum atomic E-state index is 12.6. The van der Waals surface area contributed by atoms with Gasteiger partial charge in [-0.2, -0.15) is 10.2 Å². The van der Waals surface area contributed by atoms with Crippen LogP contribution in [0.15, 0.2) is 30.5 Å². The Morgan fingerprint density at radius 2 is 2.15 bits per heavy atom. The van der Waals surface area contributed by atoms with E-state index in [9.17, 15) is 9.59 Å². The van der Waals surface area contributed by atoms with Gasteiger partial charge in [0, 0.05) is 28.8 Å². The van der Waals surface area contributed by atoms with Gasteiger partial charge in [0.1, 0.15) is 0 Å². The number of carbonyl (C=O) groups is 2. The van der Waals surface area contributed by atoms with E-state index in [4.69, 9.17) is 5.73 Å². The van der Waals surface area contributed by atoms with E-state index in [1.807, 2.05) is 19.1 Å². The Kier molecular flexibility index (Phi) is 5.66. The van der Waals surface area contributed by atoms with Crippen molar-refractivity contribution >= 4 is 23.4 Å². The molecule has 0 aliphatic carbocycles. The van der Waals surface area contributed by atoms with Crippen molar-refractivity contribution < 1.29 is 14.3 Å². The number of nitrogens with one attached hydrogen (secondary N) is 2. The van der Waals surface area contributed by atoms with Crippen molar-refractivity contribution in [1.29, 1.82) is 0 Å². The third-order valence-corrected chi connectivity index (χ3v) is 4.67. The second-order valence-corrected chi connectivity index (χ2v) is 6.67. The number of aromatic nitrogens is 2. The lowest BCUT2D eigenvalue weighted by Gasteiger charge is -2.19. The predicted octanol–water partition coefficient (Wildman–Crippen LogP) is 3.08. The van der Waals surface area contributed by atoms with E-state index in [2.05, 4.69) is 25.6 Å². The fraction of sp³-hybridized carbons (Fsp3) is 0.368. The number of anilines is 2. The summed E-state index contributed by atoms with van der Waals surface area (Å²) in [5.74, 6) is -0.242. The lowest BCUT2D eigenvalue weighted by atomic mass is 9.96. The molecule has 8 nitrogen and oxygen atoms in total. The second kappa shape index (κ2) is 8.13. The zero-order valence-corrected chi connectivity index (χ0v) is 15.4. The van der Waals surface area contributed by atoms with Crippen molar-refractivity contribution in [2.45, 2.75) is 32.2 Å². The highest BCUT2D eigenvalue weighted by atomic mass is 16.5. The molecule has 0 spiro atoms. The van der Waals surface area contributed by atoms with Gasteiger partial charge in [0.25, 0.3) is 0 Å². The SMILES string of the molecule is COC(=O)Nc1ccc2c(c1)NC(=O)[C@H](C)CCC[C@H](N)c1cc-2cnn1. The molecule has 1 aromatic heterocycles. The summed E-state index contributed by atoms with van der Waals surface area (Å²) >= 11 is 0. The number of fused-ring (bicyclic) bond motifs is 4. The molecule has 4 N–H and O–H groups in total. The normalized spacial score (nSPS) is 19.7. The number of amides is 2. The summed E-state index contributed by atoms with van der Waals surface area (Å²) in [5.41, 5.74) is 9.63. The van der Waals surface area contributed by atoms with Crippen LogP contribution >= 0.6 is 0 Å². The Morgan fingerprint density at radius 1 is 1.33 bits per heavy atom. The van der Waals surface area contributed by atoms with E-state index in [1.54, 1.807) is 18.3 Å². The zero-order valence-electron chi connectivity index (χ0n) is 15.4. The maximum absolute atomic E-state index is 12.6. The first kappa shape index (κ1) is 18.8. The molecular weight excluding hydrogens is 346 g/mol. The van der Waals surface area contributed by atoms with Crippen LogP contribution in [0.1, 0.15) is 37.9 Å². The molecule has 3 rings (SSSR count). The number of nitrogens with two attached hydrogens (primary N) is 1. The summed E-state index contributed by atoms with van der Waals surface area (Å²) in [5, 5.41) is 13.8. The molecule has 0 unspecified atom stereocenters. The minimum Gasteiger partial charge on any atom is -0.453 e. The Balaban J connectivity index is 2.07. The Bertz CT molecular complexity index is 855. The molecule has 142 valence electrons. The molecule has 2 heterocycles. The van der Waals surface area contributed by atoms with Crippen LogP contribution in [0.2, 0.25) is 0 Å². The molecule has 2 atom stereocenters. The van der Waals surface area contributed by atoms with Crippen LogP contribution < -0.4 is 16.4 Å². The second-order valence-electron chi connectivity index (χ2n) is 6.67. The fourth-order valence-electron chi connectivity index (χ4n) is 3.04. The summed E-state index contributed by atoms with van der Waals surface area (Å²) in [4.78, 5) is 24.1. The van der Waals surface area contributed by atoms with Gasteiger partial charge in [0.2, 0.25) is 5.91 Å². The highest BCUT2D eigenvalue weighted by molar-refractivity contribution is 5.98. The molecular formula is C19H23N5O3. The van der Waals surface area contributed by atoms with E-state index >= 15 is 0 Å². The molecule has 0 saturated carbocycles. The molecule has 0 fully saturated rings. The third kappa shape index (κ3) is 4.40. The summed E-state index contributed by atoms with van der Waals surface area (Å²) in [6.45, 7) is 1.89. The molecule has 0 radical (unpaired) electrons. The average molecular weight is 369 g/mol. The molecule has 1 aromatic carbocycles. The van der Waals surface area contributed by atoms with Crippen LogP contribution in [-0.4, -0.2) is 29.3 Å². The van der Waals surface area contributed by atoms with Gasteiger partial charge in [-0.05, 0) is 31.0 Å². The fourth-order valence-corrected chi connectivity index (χ4v) is 3.04. The third-order valence-electron chi connectivity index (χ3n) is 4.67. The number of nitrogens with zero attached hydrogens (tertiary/aromatic N) is 2. The molecule has 2 bridgehead atoms. The van der Waals surface area contributed by atoms with Crippen molar-refractivity contribution in [3.05, 3.63) is 36.2 Å². The van der Waals surface area contributed by atoms with E-state index in [1.165, 1.54) is 7.11 Å². The summed E-state index contributed by atoms with van der Waals surface area (Å²) in [7, 11) is 1.29. The lowest BCUT2D eigenvalue weighted by Crippen LogP contribution is -2.22. The molecule has 27 heavy (non-hydrogen) atoms. The number of methoxy groups -OCH3 is 1. The molecule has 1 aliphatic heterocycles. The first-order valence-electron chi connectivity index (χ1n) is 8.86. The molecule has 8 heteroatoms. The van der Waals surface area contributed by atoms with Crippen molar-refractivity contribution in [2.75, 3.05) is 17.7 Å². The number of hydrogen-bond donors (Lipinski definition) is 3. The van der Waals surface area contributed by atoms with Crippen LogP contribution in [-0.2, 0) is 9.53 Å². The van der Waals surface area contributed by atoms with Crippen LogP contribution in [0.4, 0.5) is 16.2 Å². The quantitative estimate of drug-likeness (QED) is 0.711. The highest BCUT2D eigenvalue weighted by Gasteiger charge is 2.19. The Labute approximate surface area is 157 Å². The maximum Gasteiger partial charge on any atom is 0.411 e. The lowest BCUT2D eigenvalue weighted by molar-refractivity contribution is -0.119. The van der Waals surface area contributed by atoms with Gasteiger partial charge in [-0.3, -0.25) is 10.1 Å². The van der Waals surface area contributed by atoms with Crippen molar-refractivity contribution in [3.8, 4) is 11.1 Å². The predicted molar refractivity (Wildman–Crippen MR) is 102 cm³/mol. The van der Waals surface area contributed by atoms with Crippen molar-refractivity contribution in [2.24, 2.45) is 11.7 Å². The summed E-state index contributed by atoms with van der Waals surface area (Å²) < 4.78 is 4.63. The molecule has 0 saturated heterocycles. The van der Waals surface area contributed by atoms with Crippen LogP contribution in [0, 0.1) is 5.92 Å². The number of benzene rings is 1. The van der Waals surface area contributed by atoms with E-state index in [-0.39, 0.29) is 17.9 Å². The van der Waals surface area contributed by atoms with Crippen LogP contribution in [0.3, 0.4) is 0 Å². The van der Waals surface area contributed by atoms with Crippen molar-refractivity contribution in [1.82, 2.24) is 10.2 Å². The van der Waals surface area contributed by atoms with Gasteiger partial charge in [-0.15, -0.1) is 0 Å². The monoisotopic (exact) mass is 369 g/mol. The van der Waals surface area contributed by atoms with Crippen LogP contribution in [0.25, 0.3) is 11.1 Å². The van der Waals surface area contributed by atoms with E-state index in [0.717, 1.165) is 36.1 Å². The number of hydrogen-bond acceptors (Lipinski definition) is 6. The van der Waals surface area contributed by atoms with Crippen molar-refractivity contribution in [3.63, 3.8) is 0 Å². The zero-order chi connectivity index (χ0) is 19.4. The van der Waals surface area contributed by atoms with Crippen LogP contribution in [0.5, 0.6) is 0 Å². The first-order chi connectivity index (χ1) is 13.0. The van der Waals surface area contributed by atoms with E-state index < -0.39 is 6.09 Å². The topological polar surface area (TPSA) is 119 Å². The Morgan fingerprint density at radius 3 is 2.93 bits per heavy atom. The Hall–Kier alpha value is -3.00. The number of carbonyl (C=O) groups excluding carboxylic acids is 2. The number of rotatable bonds is 1. The number of ether oxygens (including phenoxy) is 1. The largest absolute Gasteiger partial charge is 0.453 e. The summed E-state index contributed by atoms with van der Waals surface area (Å²) in [6.07, 6.45) is 3.33.